The molecule has 0 heterocycles. The van der Waals surface area contributed by atoms with E-state index in [-0.39, 0.29) is 60.0 Å². The maximum atomic E-state index is 12.7. The van der Waals surface area contributed by atoms with Crippen molar-refractivity contribution in [3.8, 4) is 11.5 Å². The monoisotopic (exact) mass is 549 g/mol. The van der Waals surface area contributed by atoms with Crippen LogP contribution < -0.4 is 14.8 Å². The molecule has 9 nitrogen and oxygen atoms in total. The van der Waals surface area contributed by atoms with Gasteiger partial charge in [-0.15, -0.1) is 0 Å². The number of rotatable bonds is 14. The number of carboxylic acid groups (broad SMARTS) is 1. The van der Waals surface area contributed by atoms with Crippen LogP contribution in [0.3, 0.4) is 0 Å². The van der Waals surface area contributed by atoms with Gasteiger partial charge in [-0.2, -0.15) is 0 Å². The summed E-state index contributed by atoms with van der Waals surface area (Å²) < 4.78 is 16.6. The SMILES string of the molecule is CC(CN[C@@H](Cc1ccc(OC(=O)C(C)C(C)C)c(OC(=O)C(C)C(C)C)c1)C(=O)O)OC(=O)CC(C)(C)C. The van der Waals surface area contributed by atoms with E-state index in [0.717, 1.165) is 0 Å². The van der Waals surface area contributed by atoms with Gasteiger partial charge in [0.2, 0.25) is 0 Å². The first-order valence-electron chi connectivity index (χ1n) is 13.6. The largest absolute Gasteiger partial charge is 0.480 e. The number of hydrogen-bond acceptors (Lipinski definition) is 8. The van der Waals surface area contributed by atoms with Crippen molar-refractivity contribution in [2.45, 2.75) is 94.2 Å². The van der Waals surface area contributed by atoms with E-state index >= 15 is 0 Å². The van der Waals surface area contributed by atoms with Crippen LogP contribution in [0, 0.1) is 29.1 Å². The van der Waals surface area contributed by atoms with Crippen LogP contribution in [0.1, 0.15) is 81.2 Å². The Balaban J connectivity index is 3.09. The van der Waals surface area contributed by atoms with Crippen LogP contribution in [0.5, 0.6) is 11.5 Å². The molecule has 220 valence electrons. The highest BCUT2D eigenvalue weighted by Crippen LogP contribution is 2.31. The minimum Gasteiger partial charge on any atom is -0.480 e. The lowest BCUT2D eigenvalue weighted by Gasteiger charge is -2.22. The van der Waals surface area contributed by atoms with E-state index in [1.165, 1.54) is 12.1 Å². The smallest absolute Gasteiger partial charge is 0.321 e. The third-order valence-corrected chi connectivity index (χ3v) is 6.57. The van der Waals surface area contributed by atoms with E-state index in [0.29, 0.717) is 5.56 Å². The summed E-state index contributed by atoms with van der Waals surface area (Å²) in [6, 6.07) is 3.67. The van der Waals surface area contributed by atoms with Crippen LogP contribution >= 0.6 is 0 Å². The molecule has 39 heavy (non-hydrogen) atoms. The van der Waals surface area contributed by atoms with Crippen LogP contribution in [0.4, 0.5) is 0 Å². The molecule has 0 aromatic heterocycles. The highest BCUT2D eigenvalue weighted by Gasteiger charge is 2.26. The average Bonchev–Trinajstić information content (AvgIpc) is 2.80. The van der Waals surface area contributed by atoms with Gasteiger partial charge >= 0.3 is 23.9 Å². The number of carbonyl (C=O) groups excluding carboxylic acids is 3. The summed E-state index contributed by atoms with van der Waals surface area (Å²) in [5, 5.41) is 12.7. The van der Waals surface area contributed by atoms with E-state index in [9.17, 15) is 24.3 Å². The Morgan fingerprint density at radius 2 is 1.36 bits per heavy atom. The molecule has 9 heteroatoms. The number of hydrogen-bond donors (Lipinski definition) is 2. The number of ether oxygens (including phenoxy) is 3. The van der Waals surface area contributed by atoms with Crippen molar-refractivity contribution in [3.63, 3.8) is 0 Å². The van der Waals surface area contributed by atoms with Crippen molar-refractivity contribution in [1.82, 2.24) is 5.32 Å². The summed E-state index contributed by atoms with van der Waals surface area (Å²) in [6.07, 6.45) is -0.219. The van der Waals surface area contributed by atoms with Crippen molar-refractivity contribution < 1.29 is 38.5 Å². The van der Waals surface area contributed by atoms with Gasteiger partial charge < -0.3 is 24.6 Å². The second kappa shape index (κ2) is 15.0. The van der Waals surface area contributed by atoms with Crippen LogP contribution in [0.25, 0.3) is 0 Å². The molecular weight excluding hydrogens is 502 g/mol. The van der Waals surface area contributed by atoms with E-state index in [4.69, 9.17) is 14.2 Å². The van der Waals surface area contributed by atoms with E-state index in [2.05, 4.69) is 5.32 Å². The van der Waals surface area contributed by atoms with Gasteiger partial charge in [-0.1, -0.05) is 68.4 Å². The van der Waals surface area contributed by atoms with Gasteiger partial charge in [0, 0.05) is 6.54 Å². The molecule has 0 amide bonds. The topological polar surface area (TPSA) is 128 Å². The molecule has 1 aromatic rings. The van der Waals surface area contributed by atoms with Crippen LogP contribution in [-0.2, 0) is 30.3 Å². The second-order valence-corrected chi connectivity index (χ2v) is 12.2. The maximum Gasteiger partial charge on any atom is 0.321 e. The fourth-order valence-electron chi connectivity index (χ4n) is 3.32. The Bertz CT molecular complexity index is 995. The van der Waals surface area contributed by atoms with Crippen molar-refractivity contribution in [2.75, 3.05) is 6.54 Å². The standard InChI is InChI=1S/C30H47NO8/c1-17(2)20(6)28(35)38-24-12-11-22(14-25(24)39-29(36)21(7)18(3)4)13-23(27(33)34)31-16-19(5)37-26(32)15-30(8,9)10/h11-12,14,17-21,23,31H,13,15-16H2,1-10H3,(H,33,34)/t19?,20?,21?,23-/m0/s1. The Labute approximate surface area is 233 Å². The Hall–Kier alpha value is -2.94. The Morgan fingerprint density at radius 3 is 1.82 bits per heavy atom. The van der Waals surface area contributed by atoms with Gasteiger partial charge in [-0.25, -0.2) is 0 Å². The normalized spacial score (nSPS) is 14.9. The molecule has 0 aliphatic rings. The third kappa shape index (κ3) is 12.2. The van der Waals surface area contributed by atoms with Gasteiger partial charge in [0.15, 0.2) is 11.5 Å². The van der Waals surface area contributed by atoms with Gasteiger partial charge in [0.05, 0.1) is 18.3 Å². The first-order valence-corrected chi connectivity index (χ1v) is 13.6. The lowest BCUT2D eigenvalue weighted by atomic mass is 9.92. The zero-order chi connectivity index (χ0) is 30.1. The lowest BCUT2D eigenvalue weighted by molar-refractivity contribution is -0.150. The number of carbonyl (C=O) groups is 4. The highest BCUT2D eigenvalue weighted by atomic mass is 16.6. The highest BCUT2D eigenvalue weighted by molar-refractivity contribution is 5.79. The number of aliphatic carboxylic acids is 1. The quantitative estimate of drug-likeness (QED) is 0.242. The molecule has 3 unspecified atom stereocenters. The minimum absolute atomic E-state index is 0.0349. The number of benzene rings is 1. The summed E-state index contributed by atoms with van der Waals surface area (Å²) in [5.74, 6) is -2.89. The molecule has 0 saturated carbocycles. The molecule has 0 radical (unpaired) electrons. The molecule has 0 saturated heterocycles. The van der Waals surface area contributed by atoms with Gasteiger partial charge in [-0.05, 0) is 48.3 Å². The number of nitrogens with one attached hydrogen (secondary N) is 1. The minimum atomic E-state index is -1.09. The van der Waals surface area contributed by atoms with Crippen LogP contribution in [-0.4, -0.2) is 47.7 Å². The first kappa shape index (κ1) is 34.1. The Kier molecular flexibility index (Phi) is 13.1. The van der Waals surface area contributed by atoms with E-state index < -0.39 is 36.0 Å². The summed E-state index contributed by atoms with van der Waals surface area (Å²) >= 11 is 0. The molecular formula is C30H47NO8. The first-order chi connectivity index (χ1) is 17.9. The fourth-order valence-corrected chi connectivity index (χ4v) is 3.32. The average molecular weight is 550 g/mol. The van der Waals surface area contributed by atoms with Gasteiger partial charge in [-0.3, -0.25) is 19.2 Å². The second-order valence-electron chi connectivity index (χ2n) is 12.2. The number of carboxylic acids is 1. The molecule has 0 aliphatic heterocycles. The third-order valence-electron chi connectivity index (χ3n) is 6.57. The van der Waals surface area contributed by atoms with Crippen LogP contribution in [0.15, 0.2) is 18.2 Å². The van der Waals surface area contributed by atoms with Crippen LogP contribution in [0.2, 0.25) is 0 Å². The fraction of sp³-hybridized carbons (Fsp3) is 0.667. The predicted octanol–water partition coefficient (Wildman–Crippen LogP) is 5.03. The number of esters is 3. The van der Waals surface area contributed by atoms with Crippen molar-refractivity contribution in [2.24, 2.45) is 29.1 Å². The summed E-state index contributed by atoms with van der Waals surface area (Å²) in [4.78, 5) is 49.4. The molecule has 0 fully saturated rings. The van der Waals surface area contributed by atoms with E-state index in [1.807, 2.05) is 48.5 Å². The molecule has 1 aromatic carbocycles. The summed E-state index contributed by atoms with van der Waals surface area (Å²) in [7, 11) is 0. The van der Waals surface area contributed by atoms with Gasteiger partial charge in [0.25, 0.3) is 0 Å². The van der Waals surface area contributed by atoms with Gasteiger partial charge in [0.1, 0.15) is 12.1 Å². The molecule has 1 rings (SSSR count). The predicted molar refractivity (Wildman–Crippen MR) is 148 cm³/mol. The summed E-state index contributed by atoms with van der Waals surface area (Å²) in [6.45, 7) is 18.8. The zero-order valence-electron chi connectivity index (χ0n) is 25.1. The Morgan fingerprint density at radius 1 is 0.846 bits per heavy atom. The molecule has 4 atom stereocenters. The molecule has 2 N–H and O–H groups in total. The molecule has 0 bridgehead atoms. The maximum absolute atomic E-state index is 12.7. The van der Waals surface area contributed by atoms with Crippen molar-refractivity contribution in [1.29, 1.82) is 0 Å². The van der Waals surface area contributed by atoms with Crippen molar-refractivity contribution >= 4 is 23.9 Å². The summed E-state index contributed by atoms with van der Waals surface area (Å²) in [5.41, 5.74) is 0.346. The van der Waals surface area contributed by atoms with E-state index in [1.54, 1.807) is 26.8 Å². The molecule has 0 aliphatic carbocycles. The lowest BCUT2D eigenvalue weighted by Crippen LogP contribution is -2.42. The zero-order valence-corrected chi connectivity index (χ0v) is 25.1. The van der Waals surface area contributed by atoms with Crippen molar-refractivity contribution in [3.05, 3.63) is 23.8 Å². The molecule has 0 spiro atoms.